The fourth-order valence-corrected chi connectivity index (χ4v) is 2.08. The van der Waals surface area contributed by atoms with Crippen LogP contribution in [0, 0.1) is 12.7 Å². The maximum absolute atomic E-state index is 13.0. The number of ether oxygens (including phenoxy) is 2. The zero-order valence-corrected chi connectivity index (χ0v) is 13.2. The molecule has 1 N–H and O–H groups in total. The average Bonchev–Trinajstić information content (AvgIpc) is 2.56. The first kappa shape index (κ1) is 16.5. The number of ketones is 1. The highest BCUT2D eigenvalue weighted by molar-refractivity contribution is 6.05. The van der Waals surface area contributed by atoms with Crippen molar-refractivity contribution < 1.29 is 18.7 Å². The van der Waals surface area contributed by atoms with Crippen molar-refractivity contribution in [3.05, 3.63) is 65.6 Å². The largest absolute Gasteiger partial charge is 0.493 e. The molecule has 5 heteroatoms. The molecule has 0 saturated carbocycles. The second-order valence-corrected chi connectivity index (χ2v) is 4.87. The molecular weight excluding hydrogens is 297 g/mol. The molecule has 2 aromatic carbocycles. The molecule has 0 atom stereocenters. The Kier molecular flexibility index (Phi) is 5.36. The van der Waals surface area contributed by atoms with Gasteiger partial charge < -0.3 is 14.8 Å². The number of carbonyl (C=O) groups is 1. The summed E-state index contributed by atoms with van der Waals surface area (Å²) in [6, 6.07) is 9.37. The highest BCUT2D eigenvalue weighted by Crippen LogP contribution is 2.27. The fourth-order valence-electron chi connectivity index (χ4n) is 2.08. The minimum absolute atomic E-state index is 0.182. The van der Waals surface area contributed by atoms with Crippen LogP contribution in [0.5, 0.6) is 11.5 Å². The molecule has 0 saturated heterocycles. The van der Waals surface area contributed by atoms with Gasteiger partial charge in [0.1, 0.15) is 5.82 Å². The highest BCUT2D eigenvalue weighted by Gasteiger charge is 2.08. The highest BCUT2D eigenvalue weighted by atomic mass is 19.1. The van der Waals surface area contributed by atoms with E-state index in [1.54, 1.807) is 31.2 Å². The monoisotopic (exact) mass is 315 g/mol. The number of benzene rings is 2. The number of carbonyl (C=O) groups excluding carboxylic acids is 1. The maximum atomic E-state index is 13.0. The number of hydrogen-bond acceptors (Lipinski definition) is 4. The van der Waals surface area contributed by atoms with Gasteiger partial charge >= 0.3 is 0 Å². The van der Waals surface area contributed by atoms with Crippen LogP contribution in [-0.2, 0) is 0 Å². The van der Waals surface area contributed by atoms with E-state index in [-0.39, 0.29) is 11.6 Å². The average molecular weight is 315 g/mol. The topological polar surface area (TPSA) is 47.6 Å². The van der Waals surface area contributed by atoms with Crippen LogP contribution in [0.1, 0.15) is 15.9 Å². The van der Waals surface area contributed by atoms with E-state index in [1.807, 2.05) is 0 Å². The van der Waals surface area contributed by atoms with Crippen molar-refractivity contribution in [1.82, 2.24) is 0 Å². The molecule has 2 aromatic rings. The van der Waals surface area contributed by atoms with Crippen LogP contribution in [0.4, 0.5) is 10.1 Å². The first-order valence-electron chi connectivity index (χ1n) is 7.00. The van der Waals surface area contributed by atoms with Gasteiger partial charge in [-0.1, -0.05) is 0 Å². The molecule has 0 aromatic heterocycles. The van der Waals surface area contributed by atoms with Gasteiger partial charge in [-0.3, -0.25) is 4.79 Å². The smallest absolute Gasteiger partial charge is 0.187 e. The van der Waals surface area contributed by atoms with Crippen molar-refractivity contribution in [3.8, 4) is 11.5 Å². The molecule has 0 fully saturated rings. The maximum Gasteiger partial charge on any atom is 0.187 e. The van der Waals surface area contributed by atoms with Gasteiger partial charge in [0.05, 0.1) is 14.2 Å². The van der Waals surface area contributed by atoms with E-state index < -0.39 is 0 Å². The van der Waals surface area contributed by atoms with E-state index >= 15 is 0 Å². The van der Waals surface area contributed by atoms with Crippen LogP contribution >= 0.6 is 0 Å². The molecule has 4 nitrogen and oxygen atoms in total. The van der Waals surface area contributed by atoms with Crippen molar-refractivity contribution in [2.24, 2.45) is 0 Å². The van der Waals surface area contributed by atoms with Gasteiger partial charge in [0, 0.05) is 23.5 Å². The van der Waals surface area contributed by atoms with E-state index in [0.717, 1.165) is 11.3 Å². The van der Waals surface area contributed by atoms with Crippen molar-refractivity contribution >= 4 is 11.5 Å². The lowest BCUT2D eigenvalue weighted by Gasteiger charge is -2.08. The molecule has 0 heterocycles. The summed E-state index contributed by atoms with van der Waals surface area (Å²) in [5, 5.41) is 2.97. The number of halogens is 1. The van der Waals surface area contributed by atoms with Crippen molar-refractivity contribution in [2.75, 3.05) is 19.5 Å². The third-order valence-electron chi connectivity index (χ3n) is 3.33. The lowest BCUT2D eigenvalue weighted by atomic mass is 10.1. The Morgan fingerprint density at radius 2 is 1.83 bits per heavy atom. The molecule has 0 amide bonds. The van der Waals surface area contributed by atoms with Gasteiger partial charge in [-0.25, -0.2) is 4.39 Å². The first-order chi connectivity index (χ1) is 11.0. The Hall–Kier alpha value is -2.82. The lowest BCUT2D eigenvalue weighted by Crippen LogP contribution is -1.99. The van der Waals surface area contributed by atoms with Crippen LogP contribution in [0.15, 0.2) is 48.7 Å². The van der Waals surface area contributed by atoms with E-state index in [2.05, 4.69) is 5.32 Å². The molecule has 2 rings (SSSR count). The van der Waals surface area contributed by atoms with Gasteiger partial charge in [-0.15, -0.1) is 0 Å². The summed E-state index contributed by atoms with van der Waals surface area (Å²) in [7, 11) is 3.05. The zero-order valence-electron chi connectivity index (χ0n) is 13.2. The van der Waals surface area contributed by atoms with Crippen LogP contribution in [0.25, 0.3) is 0 Å². The van der Waals surface area contributed by atoms with Gasteiger partial charge in [0.25, 0.3) is 0 Å². The number of methoxy groups -OCH3 is 2. The molecule has 120 valence electrons. The van der Waals surface area contributed by atoms with Gasteiger partial charge in [-0.05, 0) is 48.9 Å². The molecule has 0 spiro atoms. The molecular formula is C18H18FNO3. The van der Waals surface area contributed by atoms with Gasteiger partial charge in [-0.2, -0.15) is 0 Å². The SMILES string of the molecule is COc1ccc(C(=O)/C=C/Nc2ccc(F)cc2C)cc1OC. The molecule has 0 bridgehead atoms. The van der Waals surface area contributed by atoms with Crippen LogP contribution in [0.2, 0.25) is 0 Å². The first-order valence-corrected chi connectivity index (χ1v) is 7.00. The Morgan fingerprint density at radius 3 is 2.48 bits per heavy atom. The minimum atomic E-state index is -0.293. The van der Waals surface area contributed by atoms with E-state index in [4.69, 9.17) is 9.47 Å². The molecule has 0 unspecified atom stereocenters. The third-order valence-corrected chi connectivity index (χ3v) is 3.33. The summed E-state index contributed by atoms with van der Waals surface area (Å²) in [6.07, 6.45) is 2.93. The normalized spacial score (nSPS) is 10.6. The summed E-state index contributed by atoms with van der Waals surface area (Å²) < 4.78 is 23.3. The van der Waals surface area contributed by atoms with E-state index in [0.29, 0.717) is 17.1 Å². The Balaban J connectivity index is 2.09. The molecule has 0 aliphatic rings. The third kappa shape index (κ3) is 4.10. The summed E-state index contributed by atoms with van der Waals surface area (Å²) in [4.78, 5) is 12.2. The summed E-state index contributed by atoms with van der Waals surface area (Å²) in [5.41, 5.74) is 1.98. The lowest BCUT2D eigenvalue weighted by molar-refractivity contribution is 0.104. The second kappa shape index (κ2) is 7.45. The predicted octanol–water partition coefficient (Wildman–Crippen LogP) is 3.96. The Bertz CT molecular complexity index is 741. The van der Waals surface area contributed by atoms with Crippen molar-refractivity contribution in [1.29, 1.82) is 0 Å². The predicted molar refractivity (Wildman–Crippen MR) is 87.8 cm³/mol. The van der Waals surface area contributed by atoms with Crippen molar-refractivity contribution in [2.45, 2.75) is 6.92 Å². The summed E-state index contributed by atoms with van der Waals surface area (Å²) in [6.45, 7) is 1.79. The number of anilines is 1. The number of allylic oxidation sites excluding steroid dienone is 1. The molecule has 0 radical (unpaired) electrons. The Labute approximate surface area is 134 Å². The number of aryl methyl sites for hydroxylation is 1. The zero-order chi connectivity index (χ0) is 16.8. The standard InChI is InChI=1S/C18H18FNO3/c1-12-10-14(19)5-6-15(12)20-9-8-16(21)13-4-7-17(22-2)18(11-13)23-3/h4-11,20H,1-3H3/b9-8+. The van der Waals surface area contributed by atoms with Crippen LogP contribution in [-0.4, -0.2) is 20.0 Å². The fraction of sp³-hybridized carbons (Fsp3) is 0.167. The Morgan fingerprint density at radius 1 is 1.09 bits per heavy atom. The van der Waals surface area contributed by atoms with Gasteiger partial charge in [0.15, 0.2) is 17.3 Å². The molecule has 23 heavy (non-hydrogen) atoms. The number of nitrogens with one attached hydrogen (secondary N) is 1. The molecule has 0 aliphatic carbocycles. The van der Waals surface area contributed by atoms with E-state index in [9.17, 15) is 9.18 Å². The summed E-state index contributed by atoms with van der Waals surface area (Å²) >= 11 is 0. The van der Waals surface area contributed by atoms with E-state index in [1.165, 1.54) is 38.6 Å². The van der Waals surface area contributed by atoms with Crippen molar-refractivity contribution in [3.63, 3.8) is 0 Å². The summed E-state index contributed by atoms with van der Waals surface area (Å²) in [5.74, 6) is 0.582. The minimum Gasteiger partial charge on any atom is -0.493 e. The van der Waals surface area contributed by atoms with Crippen LogP contribution < -0.4 is 14.8 Å². The quantitative estimate of drug-likeness (QED) is 0.647. The number of rotatable bonds is 6. The van der Waals surface area contributed by atoms with Crippen LogP contribution in [0.3, 0.4) is 0 Å². The number of hydrogen-bond donors (Lipinski definition) is 1. The van der Waals surface area contributed by atoms with Gasteiger partial charge in [0.2, 0.25) is 0 Å². The second-order valence-electron chi connectivity index (χ2n) is 4.87. The molecule has 0 aliphatic heterocycles.